The second-order valence-electron chi connectivity index (χ2n) is 10.9. The molecule has 18 nitrogen and oxygen atoms in total. The molecule has 1 aromatic carbocycles. The molecule has 3 fully saturated rings. The van der Waals surface area contributed by atoms with E-state index in [0.29, 0.717) is 0 Å². The van der Waals surface area contributed by atoms with E-state index in [1.165, 1.54) is 37.6 Å². The van der Waals surface area contributed by atoms with Crippen molar-refractivity contribution in [3.05, 3.63) is 58.6 Å². The number of fused-ring (bicyclic) bond motifs is 1. The highest BCUT2D eigenvalue weighted by atomic mass is 16.9. The maximum absolute atomic E-state index is 12.7. The second kappa shape index (κ2) is 15.2. The van der Waals surface area contributed by atoms with Gasteiger partial charge in [0.05, 0.1) is 6.61 Å². The van der Waals surface area contributed by atoms with Crippen molar-refractivity contribution in [2.24, 2.45) is 0 Å². The molecule has 2 aromatic rings. The third-order valence-electron chi connectivity index (χ3n) is 7.12. The summed E-state index contributed by atoms with van der Waals surface area (Å²) in [6, 6.07) is 10.5. The van der Waals surface area contributed by atoms with Gasteiger partial charge in [-0.1, -0.05) is 30.3 Å². The van der Waals surface area contributed by atoms with Gasteiger partial charge in [0.2, 0.25) is 0 Å². The topological polar surface area (TPSA) is 207 Å². The van der Waals surface area contributed by atoms with Crippen LogP contribution in [-0.2, 0) is 68.4 Å². The summed E-state index contributed by atoms with van der Waals surface area (Å²) >= 11 is 0. The Morgan fingerprint density at radius 2 is 1.67 bits per heavy atom. The first-order valence-corrected chi connectivity index (χ1v) is 14.9. The quantitative estimate of drug-likeness (QED) is 0.261. The van der Waals surface area contributed by atoms with Crippen LogP contribution >= 0.6 is 0 Å². The average Bonchev–Trinajstić information content (AvgIpc) is 3.63. The lowest BCUT2D eigenvalue weighted by Gasteiger charge is -2.40. The number of ether oxygens (including phenoxy) is 10. The van der Waals surface area contributed by atoms with Crippen LogP contribution in [0.3, 0.4) is 0 Å². The van der Waals surface area contributed by atoms with Crippen molar-refractivity contribution in [3.63, 3.8) is 0 Å². The van der Waals surface area contributed by atoms with Gasteiger partial charge in [-0.15, -0.1) is 0 Å². The normalized spacial score (nSPS) is 29.4. The summed E-state index contributed by atoms with van der Waals surface area (Å²) in [7, 11) is 0. The number of carbonyl (C=O) groups excluding carboxylic acids is 4. The number of rotatable bonds is 11. The molecule has 1 N–H and O–H groups in total. The second-order valence-corrected chi connectivity index (χ2v) is 10.9. The average molecular weight is 678 g/mol. The van der Waals surface area contributed by atoms with Crippen molar-refractivity contribution >= 4 is 29.8 Å². The molecule has 0 spiro atoms. The van der Waals surface area contributed by atoms with Crippen molar-refractivity contribution in [3.8, 4) is 0 Å². The van der Waals surface area contributed by atoms with Crippen LogP contribution < -0.4 is 11.0 Å². The molecule has 0 radical (unpaired) electrons. The number of nitrogens with one attached hydrogen (secondary N) is 1. The fourth-order valence-electron chi connectivity index (χ4n) is 5.11. The number of anilines is 1. The first-order valence-electron chi connectivity index (χ1n) is 14.9. The van der Waals surface area contributed by atoms with Crippen LogP contribution in [0.1, 0.15) is 39.5 Å². The minimum atomic E-state index is -1.78. The van der Waals surface area contributed by atoms with Gasteiger partial charge in [0.1, 0.15) is 31.7 Å². The van der Waals surface area contributed by atoms with E-state index in [9.17, 15) is 24.0 Å². The molecule has 0 bridgehead atoms. The van der Waals surface area contributed by atoms with Gasteiger partial charge >= 0.3 is 29.7 Å². The number of carbonyl (C=O) groups is 4. The van der Waals surface area contributed by atoms with Crippen molar-refractivity contribution in [1.29, 1.82) is 0 Å². The molecule has 260 valence electrons. The van der Waals surface area contributed by atoms with E-state index in [0.717, 1.165) is 12.5 Å². The Hall–Kier alpha value is -4.46. The van der Waals surface area contributed by atoms with Crippen LogP contribution in [0, 0.1) is 0 Å². The van der Waals surface area contributed by atoms with Crippen LogP contribution in [0.5, 0.6) is 0 Å². The van der Waals surface area contributed by atoms with E-state index in [4.69, 9.17) is 47.4 Å². The monoisotopic (exact) mass is 677 g/mol. The maximum Gasteiger partial charge on any atom is 0.413 e. The predicted molar refractivity (Wildman–Crippen MR) is 155 cm³/mol. The molecule has 8 atom stereocenters. The van der Waals surface area contributed by atoms with E-state index < -0.39 is 78.9 Å². The largest absolute Gasteiger partial charge is 0.463 e. The van der Waals surface area contributed by atoms with Crippen molar-refractivity contribution in [2.45, 2.75) is 83.5 Å². The minimum Gasteiger partial charge on any atom is -0.463 e. The molecule has 0 saturated carbocycles. The summed E-state index contributed by atoms with van der Waals surface area (Å²) in [6.45, 7) is 4.38. The Morgan fingerprint density at radius 3 is 2.35 bits per heavy atom. The molecule has 8 unspecified atom stereocenters. The van der Waals surface area contributed by atoms with Crippen LogP contribution in [0.4, 0.5) is 10.6 Å². The highest BCUT2D eigenvalue weighted by molar-refractivity contribution is 5.83. The fourth-order valence-corrected chi connectivity index (χ4v) is 5.11. The number of aromatic nitrogens is 2. The predicted octanol–water partition coefficient (Wildman–Crippen LogP) is 1.12. The number of hydrogen-bond donors (Lipinski definition) is 1. The molecular formula is C30H35N3O15. The van der Waals surface area contributed by atoms with Gasteiger partial charge in [0.25, 0.3) is 5.97 Å². The number of hydrogen-bond acceptors (Lipinski definition) is 16. The molecule has 5 rings (SSSR count). The molecule has 3 aliphatic heterocycles. The standard InChI is InChI=1S/C30H35N3O15/c1-16(34)39-13-20-24(43-17(2)35)25(44-18(3)36)26-27(45-20)48-30(4,47-26)42-15-23-40-14-22(46-23)33-11-10-21(31-28(33)37)32-29(38)41-12-19-8-6-5-7-9-19/h5-11,20,22-27H,12-15H2,1-4H3,(H,31,32,37,38). The van der Waals surface area contributed by atoms with E-state index >= 15 is 0 Å². The van der Waals surface area contributed by atoms with Gasteiger partial charge in [-0.25, -0.2) is 9.59 Å². The lowest BCUT2D eigenvalue weighted by atomic mass is 9.98. The van der Waals surface area contributed by atoms with Gasteiger partial charge in [0, 0.05) is 33.9 Å². The zero-order chi connectivity index (χ0) is 34.4. The van der Waals surface area contributed by atoms with Crippen LogP contribution in [-0.4, -0.2) is 96.3 Å². The van der Waals surface area contributed by atoms with Crippen LogP contribution in [0.2, 0.25) is 0 Å². The minimum absolute atomic E-state index is 0.0154. The summed E-state index contributed by atoms with van der Waals surface area (Å²) in [5.74, 6) is -3.80. The summed E-state index contributed by atoms with van der Waals surface area (Å²) in [6.07, 6.45) is -7.01. The molecule has 3 aliphatic rings. The van der Waals surface area contributed by atoms with Gasteiger partial charge in [-0.3, -0.25) is 29.0 Å². The first-order chi connectivity index (χ1) is 22.9. The van der Waals surface area contributed by atoms with Gasteiger partial charge in [-0.2, -0.15) is 4.98 Å². The van der Waals surface area contributed by atoms with Gasteiger partial charge < -0.3 is 42.6 Å². The third kappa shape index (κ3) is 8.91. The number of amides is 1. The summed E-state index contributed by atoms with van der Waals surface area (Å²) in [4.78, 5) is 64.0. The Bertz CT molecular complexity index is 1540. The summed E-state index contributed by atoms with van der Waals surface area (Å²) in [5, 5.41) is 2.41. The van der Waals surface area contributed by atoms with Crippen LogP contribution in [0.25, 0.3) is 0 Å². The number of esters is 3. The summed E-state index contributed by atoms with van der Waals surface area (Å²) < 4.78 is 57.2. The Morgan fingerprint density at radius 1 is 0.938 bits per heavy atom. The number of nitrogens with zero attached hydrogens (tertiary/aromatic N) is 2. The zero-order valence-electron chi connectivity index (χ0n) is 26.4. The highest BCUT2D eigenvalue weighted by Crippen LogP contribution is 2.40. The van der Waals surface area contributed by atoms with Crippen LogP contribution in [0.15, 0.2) is 47.4 Å². The molecule has 48 heavy (non-hydrogen) atoms. The van der Waals surface area contributed by atoms with Gasteiger partial charge in [0.15, 0.2) is 37.1 Å². The highest BCUT2D eigenvalue weighted by Gasteiger charge is 2.59. The molecule has 1 aromatic heterocycles. The van der Waals surface area contributed by atoms with Crippen molar-refractivity contribution in [1.82, 2.24) is 9.55 Å². The lowest BCUT2D eigenvalue weighted by molar-refractivity contribution is -0.355. The fraction of sp³-hybridized carbons (Fsp3) is 0.533. The summed E-state index contributed by atoms with van der Waals surface area (Å²) in [5.41, 5.74) is 0.0764. The van der Waals surface area contributed by atoms with Crippen molar-refractivity contribution in [2.75, 3.05) is 25.1 Å². The number of benzene rings is 1. The molecule has 0 aliphatic carbocycles. The molecule has 3 saturated heterocycles. The first kappa shape index (κ1) is 34.9. The van der Waals surface area contributed by atoms with E-state index in [1.807, 2.05) is 18.2 Å². The van der Waals surface area contributed by atoms with E-state index in [1.54, 1.807) is 12.1 Å². The maximum atomic E-state index is 12.7. The lowest BCUT2D eigenvalue weighted by Crippen LogP contribution is -2.60. The molecule has 1 amide bonds. The molecular weight excluding hydrogens is 642 g/mol. The van der Waals surface area contributed by atoms with Crippen molar-refractivity contribution < 1.29 is 66.5 Å². The molecule has 4 heterocycles. The zero-order valence-corrected chi connectivity index (χ0v) is 26.4. The Labute approximate surface area is 273 Å². The Kier molecular flexibility index (Phi) is 11.0. The van der Waals surface area contributed by atoms with E-state index in [-0.39, 0.29) is 32.2 Å². The Balaban J connectivity index is 1.16. The third-order valence-corrected chi connectivity index (χ3v) is 7.12. The van der Waals surface area contributed by atoms with E-state index in [2.05, 4.69) is 10.3 Å². The van der Waals surface area contributed by atoms with Gasteiger partial charge in [-0.05, 0) is 11.6 Å². The molecule has 18 heteroatoms. The smallest absolute Gasteiger partial charge is 0.413 e. The SMILES string of the molecule is CC(=O)OCC1OC2OC(C)(OCC3OCC(n4ccc(NC(=O)OCc5ccccc5)nc4=O)O3)OC2C(OC(C)=O)C1OC(C)=O.